The van der Waals surface area contributed by atoms with E-state index in [0.717, 1.165) is 11.3 Å². The molecule has 0 spiro atoms. The molecular weight excluding hydrogens is 322 g/mol. The third-order valence-electron chi connectivity index (χ3n) is 2.64. The second kappa shape index (κ2) is 5.38. The molecule has 1 aromatic heterocycles. The van der Waals surface area contributed by atoms with Gasteiger partial charge in [0.05, 0.1) is 0 Å². The normalized spacial score (nSPS) is 14.9. The van der Waals surface area contributed by atoms with Gasteiger partial charge in [0.1, 0.15) is 4.21 Å². The molecule has 0 aliphatic rings. The van der Waals surface area contributed by atoms with Crippen molar-refractivity contribution in [2.75, 3.05) is 0 Å². The van der Waals surface area contributed by atoms with Gasteiger partial charge in [0, 0.05) is 15.2 Å². The maximum atomic E-state index is 12.2. The number of hydrogen-bond acceptors (Lipinski definition) is 3. The largest absolute Gasteiger partial charge is 0.250 e. The molecule has 1 N–H and O–H groups in total. The van der Waals surface area contributed by atoms with Crippen molar-refractivity contribution in [3.63, 3.8) is 0 Å². The lowest BCUT2D eigenvalue weighted by atomic mass is 10.0. The first-order valence-corrected chi connectivity index (χ1v) is 8.67. The lowest BCUT2D eigenvalue weighted by molar-refractivity contribution is 0.454. The van der Waals surface area contributed by atoms with Crippen LogP contribution in [0.1, 0.15) is 32.6 Å². The van der Waals surface area contributed by atoms with E-state index < -0.39 is 15.6 Å². The number of aryl methyl sites for hydroxylation is 1. The van der Waals surface area contributed by atoms with Gasteiger partial charge in [-0.1, -0.05) is 29.8 Å². The van der Waals surface area contributed by atoms with Crippen LogP contribution in [0.4, 0.5) is 0 Å². The first kappa shape index (κ1) is 15.1. The topological polar surface area (TPSA) is 46.2 Å². The van der Waals surface area contributed by atoms with Crippen molar-refractivity contribution >= 4 is 37.3 Å². The molecule has 0 fully saturated rings. The first-order valence-electron chi connectivity index (χ1n) is 5.46. The summed E-state index contributed by atoms with van der Waals surface area (Å²) in [5.41, 5.74) is -0.519. The van der Waals surface area contributed by atoms with E-state index in [4.69, 9.17) is 0 Å². The predicted molar refractivity (Wildman–Crippen MR) is 76.5 cm³/mol. The minimum atomic E-state index is -3.41. The fraction of sp³-hybridized carbons (Fsp3) is 0.636. The zero-order chi connectivity index (χ0) is 13.3. The zero-order valence-electron chi connectivity index (χ0n) is 10.5. The van der Waals surface area contributed by atoms with Gasteiger partial charge < -0.3 is 0 Å². The Kier molecular flexibility index (Phi) is 4.80. The zero-order valence-corrected chi connectivity index (χ0v) is 13.7. The van der Waals surface area contributed by atoms with Gasteiger partial charge >= 0.3 is 0 Å². The quantitative estimate of drug-likeness (QED) is 0.837. The molecule has 1 atom stereocenters. The van der Waals surface area contributed by atoms with Crippen LogP contribution in [0.25, 0.3) is 0 Å². The number of halogens is 1. The van der Waals surface area contributed by atoms with Gasteiger partial charge in [-0.25, -0.2) is 13.1 Å². The standard InChI is InChI=1S/C11H18BrNO2S2/c1-5-9-6-7-10(16-9)17(14,15)13-11(3,4)8(2)12/h6-8,13H,5H2,1-4H3. The summed E-state index contributed by atoms with van der Waals surface area (Å²) >= 11 is 4.74. The Hall–Kier alpha value is 0.0900. The lowest BCUT2D eigenvalue weighted by Gasteiger charge is -2.28. The van der Waals surface area contributed by atoms with Gasteiger partial charge in [-0.15, -0.1) is 11.3 Å². The Morgan fingerprint density at radius 1 is 1.47 bits per heavy atom. The molecule has 0 saturated heterocycles. The summed E-state index contributed by atoms with van der Waals surface area (Å²) in [6.45, 7) is 7.66. The summed E-state index contributed by atoms with van der Waals surface area (Å²) in [5, 5.41) is 0. The minimum Gasteiger partial charge on any atom is -0.206 e. The van der Waals surface area contributed by atoms with E-state index in [9.17, 15) is 8.42 Å². The Labute approximate surface area is 116 Å². The van der Waals surface area contributed by atoms with E-state index in [-0.39, 0.29) is 4.83 Å². The molecule has 0 saturated carbocycles. The van der Waals surface area contributed by atoms with Crippen molar-refractivity contribution in [2.24, 2.45) is 0 Å². The highest BCUT2D eigenvalue weighted by Crippen LogP contribution is 2.25. The summed E-state index contributed by atoms with van der Waals surface area (Å²) in [5.74, 6) is 0. The molecule has 0 bridgehead atoms. The van der Waals surface area contributed by atoms with Gasteiger partial charge in [0.15, 0.2) is 0 Å². The third-order valence-corrected chi connectivity index (χ3v) is 7.18. The molecule has 98 valence electrons. The van der Waals surface area contributed by atoms with E-state index in [1.807, 2.05) is 33.8 Å². The van der Waals surface area contributed by atoms with E-state index in [0.29, 0.717) is 4.21 Å². The number of thiophene rings is 1. The molecule has 1 unspecified atom stereocenters. The van der Waals surface area contributed by atoms with E-state index >= 15 is 0 Å². The lowest BCUT2D eigenvalue weighted by Crippen LogP contribution is -2.48. The van der Waals surface area contributed by atoms with Crippen LogP contribution < -0.4 is 4.72 Å². The summed E-state index contributed by atoms with van der Waals surface area (Å²) in [4.78, 5) is 1.13. The molecule has 0 radical (unpaired) electrons. The van der Waals surface area contributed by atoms with Gasteiger partial charge in [-0.2, -0.15) is 0 Å². The Balaban J connectivity index is 2.97. The smallest absolute Gasteiger partial charge is 0.206 e. The van der Waals surface area contributed by atoms with Crippen LogP contribution in [0.15, 0.2) is 16.3 Å². The maximum absolute atomic E-state index is 12.2. The van der Waals surface area contributed by atoms with Crippen molar-refractivity contribution in [2.45, 2.75) is 48.7 Å². The Morgan fingerprint density at radius 3 is 2.47 bits per heavy atom. The van der Waals surface area contributed by atoms with E-state index in [2.05, 4.69) is 20.7 Å². The summed E-state index contributed by atoms with van der Waals surface area (Å²) in [6.07, 6.45) is 0.860. The van der Waals surface area contributed by atoms with Gasteiger partial charge in [0.25, 0.3) is 10.0 Å². The Bertz CT molecular complexity index is 477. The molecule has 0 amide bonds. The number of sulfonamides is 1. The highest BCUT2D eigenvalue weighted by molar-refractivity contribution is 9.09. The molecule has 1 heterocycles. The van der Waals surface area contributed by atoms with Crippen molar-refractivity contribution in [1.82, 2.24) is 4.72 Å². The maximum Gasteiger partial charge on any atom is 0.250 e. The first-order chi connectivity index (χ1) is 7.69. The summed E-state index contributed by atoms with van der Waals surface area (Å²) in [7, 11) is -3.41. The average molecular weight is 340 g/mol. The van der Waals surface area contributed by atoms with Crippen LogP contribution in [0.2, 0.25) is 0 Å². The fourth-order valence-corrected chi connectivity index (χ4v) is 4.21. The van der Waals surface area contributed by atoms with Gasteiger partial charge in [0.2, 0.25) is 0 Å². The van der Waals surface area contributed by atoms with E-state index in [1.54, 1.807) is 6.07 Å². The summed E-state index contributed by atoms with van der Waals surface area (Å²) < 4.78 is 27.4. The number of nitrogens with one attached hydrogen (secondary N) is 1. The molecule has 1 rings (SSSR count). The van der Waals surface area contributed by atoms with Crippen LogP contribution in [0.5, 0.6) is 0 Å². The number of rotatable bonds is 5. The number of hydrogen-bond donors (Lipinski definition) is 1. The molecule has 6 heteroatoms. The van der Waals surface area contributed by atoms with Crippen molar-refractivity contribution < 1.29 is 8.42 Å². The molecule has 1 aromatic rings. The molecule has 17 heavy (non-hydrogen) atoms. The van der Waals surface area contributed by atoms with Gasteiger partial charge in [-0.3, -0.25) is 0 Å². The highest BCUT2D eigenvalue weighted by atomic mass is 79.9. The second-order valence-electron chi connectivity index (χ2n) is 4.52. The molecule has 0 aliphatic heterocycles. The molecular formula is C11H18BrNO2S2. The third kappa shape index (κ3) is 3.77. The van der Waals surface area contributed by atoms with Crippen molar-refractivity contribution in [3.05, 3.63) is 17.0 Å². The fourth-order valence-electron chi connectivity index (χ4n) is 1.17. The number of alkyl halides is 1. The van der Waals surface area contributed by atoms with E-state index in [1.165, 1.54) is 11.3 Å². The predicted octanol–water partition coefficient (Wildman–Crippen LogP) is 3.15. The van der Waals surface area contributed by atoms with Crippen LogP contribution >= 0.6 is 27.3 Å². The van der Waals surface area contributed by atoms with Crippen molar-refractivity contribution in [3.8, 4) is 0 Å². The minimum absolute atomic E-state index is 0.0513. The molecule has 3 nitrogen and oxygen atoms in total. The highest BCUT2D eigenvalue weighted by Gasteiger charge is 2.30. The Morgan fingerprint density at radius 2 is 2.06 bits per heavy atom. The summed E-state index contributed by atoms with van der Waals surface area (Å²) in [6, 6.07) is 3.53. The van der Waals surface area contributed by atoms with Crippen LogP contribution in [-0.2, 0) is 16.4 Å². The second-order valence-corrected chi connectivity index (χ2v) is 8.97. The SMILES string of the molecule is CCc1ccc(S(=O)(=O)NC(C)(C)C(C)Br)s1. The van der Waals surface area contributed by atoms with Gasteiger partial charge in [-0.05, 0) is 32.4 Å². The monoisotopic (exact) mass is 339 g/mol. The van der Waals surface area contributed by atoms with Crippen LogP contribution in [0, 0.1) is 0 Å². The molecule has 0 aromatic carbocycles. The average Bonchev–Trinajstić information content (AvgIpc) is 2.64. The van der Waals surface area contributed by atoms with Crippen molar-refractivity contribution in [1.29, 1.82) is 0 Å². The molecule has 0 aliphatic carbocycles. The van der Waals surface area contributed by atoms with Crippen LogP contribution in [0.3, 0.4) is 0 Å². The van der Waals surface area contributed by atoms with Crippen LogP contribution in [-0.4, -0.2) is 18.8 Å².